The summed E-state index contributed by atoms with van der Waals surface area (Å²) in [6.07, 6.45) is 0. The smallest absolute Gasteiger partial charge is 0.263 e. The summed E-state index contributed by atoms with van der Waals surface area (Å²) in [5.41, 5.74) is 4.15. The number of ether oxygens (including phenoxy) is 1. The van der Waals surface area contributed by atoms with Gasteiger partial charge in [-0.25, -0.2) is 13.9 Å². The molecular weight excluding hydrogens is 438 g/mol. The van der Waals surface area contributed by atoms with Crippen molar-refractivity contribution in [1.29, 1.82) is 0 Å². The van der Waals surface area contributed by atoms with Crippen molar-refractivity contribution in [3.8, 4) is 5.75 Å². The Labute approximate surface area is 187 Å². The zero-order valence-corrected chi connectivity index (χ0v) is 19.6. The van der Waals surface area contributed by atoms with Crippen LogP contribution in [0.5, 0.6) is 5.75 Å². The first-order chi connectivity index (χ1) is 14.5. The maximum Gasteiger partial charge on any atom is 0.263 e. The molecular formula is C21H27N3O5S2. The summed E-state index contributed by atoms with van der Waals surface area (Å²) in [7, 11) is -3.93. The number of benzene rings is 1. The number of nitrogens with one attached hydrogen (secondary N) is 1. The molecule has 8 nitrogen and oxygen atoms in total. The molecule has 31 heavy (non-hydrogen) atoms. The molecule has 1 fully saturated rings. The van der Waals surface area contributed by atoms with Gasteiger partial charge in [0.1, 0.15) is 18.4 Å². The first-order valence-electron chi connectivity index (χ1n) is 9.81. The number of sulfonamides is 1. The number of nitrogens with zero attached hydrogens (tertiary/aromatic N) is 2. The number of aryl methyl sites for hydroxylation is 2. The minimum atomic E-state index is -3.93. The molecule has 0 aliphatic carbocycles. The van der Waals surface area contributed by atoms with E-state index in [9.17, 15) is 13.2 Å². The maximum atomic E-state index is 13.3. The zero-order chi connectivity index (χ0) is 22.8. The zero-order valence-electron chi connectivity index (χ0n) is 18.0. The molecule has 2 N–H and O–H groups in total. The molecule has 0 unspecified atom stereocenters. The van der Waals surface area contributed by atoms with Gasteiger partial charge in [0.05, 0.1) is 4.90 Å². The summed E-state index contributed by atoms with van der Waals surface area (Å²) in [6.45, 7) is 7.84. The van der Waals surface area contributed by atoms with E-state index in [-0.39, 0.29) is 18.0 Å². The fourth-order valence-electron chi connectivity index (χ4n) is 3.66. The second-order valence-electron chi connectivity index (χ2n) is 7.96. The molecule has 1 aliphatic heterocycles. The number of hydroxylamine groups is 1. The lowest BCUT2D eigenvalue weighted by molar-refractivity contribution is -0.134. The minimum absolute atomic E-state index is 0.0882. The van der Waals surface area contributed by atoms with Gasteiger partial charge < -0.3 is 4.74 Å². The monoisotopic (exact) mass is 465 g/mol. The Morgan fingerprint density at radius 2 is 1.87 bits per heavy atom. The number of amides is 1. The van der Waals surface area contributed by atoms with Gasteiger partial charge in [-0.05, 0) is 45.4 Å². The van der Waals surface area contributed by atoms with Crippen LogP contribution in [-0.4, -0.2) is 51.9 Å². The summed E-state index contributed by atoms with van der Waals surface area (Å²) >= 11 is 1.50. The summed E-state index contributed by atoms with van der Waals surface area (Å²) in [4.78, 5) is 16.7. The molecule has 1 aliphatic rings. The van der Waals surface area contributed by atoms with Crippen LogP contribution in [0.1, 0.15) is 30.8 Å². The number of carbonyl (C=O) groups is 1. The van der Waals surface area contributed by atoms with E-state index in [1.54, 1.807) is 31.5 Å². The third kappa shape index (κ3) is 5.20. The molecule has 2 aromatic rings. The number of aromatic nitrogens is 1. The van der Waals surface area contributed by atoms with E-state index in [1.165, 1.54) is 28.2 Å². The van der Waals surface area contributed by atoms with E-state index in [1.807, 2.05) is 26.0 Å². The van der Waals surface area contributed by atoms with E-state index in [0.717, 1.165) is 17.0 Å². The molecule has 1 amide bonds. The third-order valence-corrected chi connectivity index (χ3v) is 8.31. The first kappa shape index (κ1) is 23.5. The SMILES string of the molecule is Cc1cc(OCc2ccc(S(=O)(=O)N3CCSC(C)(C)[C@@H]3C(=O)NO)cc2)cc(C)n1. The molecule has 3 rings (SSSR count). The van der Waals surface area contributed by atoms with Crippen LogP contribution >= 0.6 is 11.8 Å². The Balaban J connectivity index is 1.79. The fraction of sp³-hybridized carbons (Fsp3) is 0.429. The second-order valence-corrected chi connectivity index (χ2v) is 11.6. The Morgan fingerprint density at radius 1 is 1.26 bits per heavy atom. The highest BCUT2D eigenvalue weighted by atomic mass is 32.2. The third-order valence-electron chi connectivity index (χ3n) is 5.08. The van der Waals surface area contributed by atoms with Crippen LogP contribution in [0.2, 0.25) is 0 Å². The number of carbonyl (C=O) groups excluding carboxylic acids is 1. The fourth-order valence-corrected chi connectivity index (χ4v) is 6.77. The van der Waals surface area contributed by atoms with Gasteiger partial charge in [-0.1, -0.05) is 12.1 Å². The Kier molecular flexibility index (Phi) is 6.95. The predicted octanol–water partition coefficient (Wildman–Crippen LogP) is 2.67. The van der Waals surface area contributed by atoms with Crippen molar-refractivity contribution >= 4 is 27.7 Å². The van der Waals surface area contributed by atoms with Crippen LogP contribution in [0.25, 0.3) is 0 Å². The predicted molar refractivity (Wildman–Crippen MR) is 119 cm³/mol. The van der Waals surface area contributed by atoms with Gasteiger partial charge in [-0.3, -0.25) is 15.0 Å². The van der Waals surface area contributed by atoms with Gasteiger partial charge in [0, 0.05) is 40.6 Å². The van der Waals surface area contributed by atoms with Gasteiger partial charge in [0.2, 0.25) is 10.0 Å². The highest BCUT2D eigenvalue weighted by Gasteiger charge is 2.48. The Hall–Kier alpha value is -2.14. The molecule has 1 aromatic carbocycles. The van der Waals surface area contributed by atoms with Gasteiger partial charge in [-0.15, -0.1) is 0 Å². The van der Waals surface area contributed by atoms with Gasteiger partial charge in [0.15, 0.2) is 0 Å². The van der Waals surface area contributed by atoms with E-state index >= 15 is 0 Å². The topological polar surface area (TPSA) is 109 Å². The van der Waals surface area contributed by atoms with Crippen LogP contribution < -0.4 is 10.2 Å². The van der Waals surface area contributed by atoms with E-state index in [2.05, 4.69) is 4.98 Å². The van der Waals surface area contributed by atoms with Gasteiger partial charge in [0.25, 0.3) is 5.91 Å². The van der Waals surface area contributed by atoms with Gasteiger partial charge >= 0.3 is 0 Å². The first-order valence-corrected chi connectivity index (χ1v) is 12.2. The number of hydrogen-bond acceptors (Lipinski definition) is 7. The molecule has 0 saturated carbocycles. The highest BCUT2D eigenvalue weighted by molar-refractivity contribution is 8.00. The lowest BCUT2D eigenvalue weighted by Crippen LogP contribution is -2.61. The number of hydrogen-bond donors (Lipinski definition) is 2. The molecule has 1 aromatic heterocycles. The average molecular weight is 466 g/mol. The van der Waals surface area contributed by atoms with Crippen molar-refractivity contribution in [3.63, 3.8) is 0 Å². The molecule has 0 radical (unpaired) electrons. The molecule has 2 heterocycles. The van der Waals surface area contributed by atoms with Crippen LogP contribution in [0.4, 0.5) is 0 Å². The Morgan fingerprint density at radius 3 is 2.45 bits per heavy atom. The van der Waals surface area contributed by atoms with E-state index < -0.39 is 26.7 Å². The van der Waals surface area contributed by atoms with Gasteiger partial charge in [-0.2, -0.15) is 16.1 Å². The van der Waals surface area contributed by atoms with E-state index in [4.69, 9.17) is 9.94 Å². The Bertz CT molecular complexity index is 1030. The summed E-state index contributed by atoms with van der Waals surface area (Å²) in [5.74, 6) is 0.513. The number of thioether (sulfide) groups is 1. The molecule has 1 atom stereocenters. The normalized spacial score (nSPS) is 19.1. The summed E-state index contributed by atoms with van der Waals surface area (Å²) in [5, 5.41) is 9.15. The van der Waals surface area contributed by atoms with Crippen LogP contribution in [0.15, 0.2) is 41.3 Å². The molecule has 0 spiro atoms. The molecule has 168 valence electrons. The largest absolute Gasteiger partial charge is 0.489 e. The lowest BCUT2D eigenvalue weighted by Gasteiger charge is -2.43. The second kappa shape index (κ2) is 9.15. The highest BCUT2D eigenvalue weighted by Crippen LogP contribution is 2.38. The summed E-state index contributed by atoms with van der Waals surface area (Å²) in [6, 6.07) is 9.07. The van der Waals surface area contributed by atoms with Crippen LogP contribution in [0, 0.1) is 13.8 Å². The van der Waals surface area contributed by atoms with Crippen molar-refractivity contribution < 1.29 is 23.2 Å². The maximum absolute atomic E-state index is 13.3. The molecule has 0 bridgehead atoms. The standard InChI is InChI=1S/C21H27N3O5S2/c1-14-11-17(12-15(2)22-14)29-13-16-5-7-18(8-6-16)31(27,28)24-9-10-30-21(3,4)19(24)20(25)23-26/h5-8,11-12,19,26H,9-10,13H2,1-4H3,(H,23,25)/t19-/m0/s1. The number of pyridine rings is 1. The lowest BCUT2D eigenvalue weighted by atomic mass is 10.0. The van der Waals surface area contributed by atoms with Crippen LogP contribution in [-0.2, 0) is 21.4 Å². The average Bonchev–Trinajstić information content (AvgIpc) is 2.70. The van der Waals surface area contributed by atoms with E-state index in [0.29, 0.717) is 11.5 Å². The number of rotatable bonds is 6. The van der Waals surface area contributed by atoms with Crippen molar-refractivity contribution in [2.45, 2.75) is 50.0 Å². The molecule has 1 saturated heterocycles. The summed E-state index contributed by atoms with van der Waals surface area (Å²) < 4.78 is 32.9. The quantitative estimate of drug-likeness (QED) is 0.499. The van der Waals surface area contributed by atoms with Crippen molar-refractivity contribution in [2.24, 2.45) is 0 Å². The molecule has 10 heteroatoms. The van der Waals surface area contributed by atoms with Crippen molar-refractivity contribution in [1.82, 2.24) is 14.8 Å². The minimum Gasteiger partial charge on any atom is -0.489 e. The van der Waals surface area contributed by atoms with Crippen LogP contribution in [0.3, 0.4) is 0 Å². The van der Waals surface area contributed by atoms with Crippen molar-refractivity contribution in [3.05, 3.63) is 53.3 Å². The van der Waals surface area contributed by atoms with Crippen molar-refractivity contribution in [2.75, 3.05) is 12.3 Å².